The molecule has 0 aromatic rings. The SMILES string of the molecule is CC(C)(COS(=O)(=O)Cl)C(=O)OCC1=CCCC=C1. The van der Waals surface area contributed by atoms with Crippen LogP contribution in [0.4, 0.5) is 0 Å². The van der Waals surface area contributed by atoms with Gasteiger partial charge in [-0.15, -0.1) is 0 Å². The summed E-state index contributed by atoms with van der Waals surface area (Å²) in [5.74, 6) is -0.535. The fourth-order valence-electron chi connectivity index (χ4n) is 1.40. The van der Waals surface area contributed by atoms with Crippen molar-refractivity contribution in [2.24, 2.45) is 5.41 Å². The zero-order chi connectivity index (χ0) is 14.5. The second kappa shape index (κ2) is 6.54. The topological polar surface area (TPSA) is 69.7 Å². The van der Waals surface area contributed by atoms with E-state index in [1.807, 2.05) is 18.2 Å². The van der Waals surface area contributed by atoms with E-state index in [-0.39, 0.29) is 13.2 Å². The average molecular weight is 309 g/mol. The van der Waals surface area contributed by atoms with Crippen LogP contribution in [0.5, 0.6) is 0 Å². The molecule has 0 aromatic heterocycles. The Morgan fingerprint density at radius 1 is 1.42 bits per heavy atom. The van der Waals surface area contributed by atoms with E-state index in [0.29, 0.717) is 0 Å². The Kier molecular flexibility index (Phi) is 5.58. The number of hydrogen-bond donors (Lipinski definition) is 0. The first-order valence-electron chi connectivity index (χ1n) is 5.82. The molecule has 1 aliphatic carbocycles. The number of hydrogen-bond acceptors (Lipinski definition) is 5. The Morgan fingerprint density at radius 3 is 2.63 bits per heavy atom. The Hall–Kier alpha value is -0.850. The minimum atomic E-state index is -4.08. The Labute approximate surface area is 117 Å². The van der Waals surface area contributed by atoms with Crippen molar-refractivity contribution in [2.75, 3.05) is 13.2 Å². The molecular weight excluding hydrogens is 292 g/mol. The van der Waals surface area contributed by atoms with Crippen molar-refractivity contribution in [1.82, 2.24) is 0 Å². The molecule has 0 saturated heterocycles. The highest BCUT2D eigenvalue weighted by molar-refractivity contribution is 8.09. The number of rotatable bonds is 6. The highest BCUT2D eigenvalue weighted by Gasteiger charge is 2.31. The summed E-state index contributed by atoms with van der Waals surface area (Å²) in [6, 6.07) is 0. The van der Waals surface area contributed by atoms with Crippen molar-refractivity contribution in [1.29, 1.82) is 0 Å². The molecule has 1 rings (SSSR count). The van der Waals surface area contributed by atoms with Crippen molar-refractivity contribution in [3.05, 3.63) is 23.8 Å². The predicted octanol–water partition coefficient (Wildman–Crippen LogP) is 2.33. The lowest BCUT2D eigenvalue weighted by Crippen LogP contribution is -2.32. The van der Waals surface area contributed by atoms with Crippen molar-refractivity contribution < 1.29 is 22.1 Å². The minimum absolute atomic E-state index is 0.173. The molecule has 0 fully saturated rings. The fraction of sp³-hybridized carbons (Fsp3) is 0.583. The van der Waals surface area contributed by atoms with Crippen LogP contribution >= 0.6 is 10.7 Å². The van der Waals surface area contributed by atoms with Crippen molar-refractivity contribution in [3.8, 4) is 0 Å². The summed E-state index contributed by atoms with van der Waals surface area (Å²) < 4.78 is 30.9. The first-order valence-corrected chi connectivity index (χ1v) is 8.06. The standard InChI is InChI=1S/C12H17ClO5S/c1-12(2,9-18-19(13,15)16)11(14)17-8-10-6-4-3-5-7-10/h4,6-7H,3,5,8-9H2,1-2H3. The van der Waals surface area contributed by atoms with Crippen molar-refractivity contribution in [2.45, 2.75) is 26.7 Å². The van der Waals surface area contributed by atoms with E-state index >= 15 is 0 Å². The molecule has 0 bridgehead atoms. The lowest BCUT2D eigenvalue weighted by atomic mass is 9.95. The first-order chi connectivity index (χ1) is 8.71. The van der Waals surface area contributed by atoms with Gasteiger partial charge in [0.05, 0.1) is 12.0 Å². The highest BCUT2D eigenvalue weighted by Crippen LogP contribution is 2.21. The Morgan fingerprint density at radius 2 is 2.11 bits per heavy atom. The van der Waals surface area contributed by atoms with Gasteiger partial charge in [-0.05, 0) is 32.3 Å². The lowest BCUT2D eigenvalue weighted by molar-refractivity contribution is -0.154. The molecule has 0 saturated carbocycles. The Balaban J connectivity index is 2.47. The molecule has 0 heterocycles. The van der Waals surface area contributed by atoms with Gasteiger partial charge in [0.25, 0.3) is 0 Å². The molecule has 0 aliphatic heterocycles. The summed E-state index contributed by atoms with van der Waals surface area (Å²) in [4.78, 5) is 11.8. The predicted molar refractivity (Wildman–Crippen MR) is 71.9 cm³/mol. The van der Waals surface area contributed by atoms with E-state index in [1.165, 1.54) is 13.8 Å². The van der Waals surface area contributed by atoms with Crippen LogP contribution < -0.4 is 0 Å². The molecule has 19 heavy (non-hydrogen) atoms. The van der Waals surface area contributed by atoms with Crippen LogP contribution in [0.1, 0.15) is 26.7 Å². The van der Waals surface area contributed by atoms with E-state index in [1.54, 1.807) is 0 Å². The number of esters is 1. The van der Waals surface area contributed by atoms with Crippen LogP contribution in [-0.2, 0) is 23.0 Å². The van der Waals surface area contributed by atoms with Crippen LogP contribution in [0.2, 0.25) is 0 Å². The van der Waals surface area contributed by atoms with E-state index in [9.17, 15) is 13.2 Å². The summed E-state index contributed by atoms with van der Waals surface area (Å²) in [5.41, 5.74) is -0.151. The zero-order valence-corrected chi connectivity index (χ0v) is 12.5. The molecule has 0 radical (unpaired) electrons. The van der Waals surface area contributed by atoms with Crippen molar-refractivity contribution in [3.63, 3.8) is 0 Å². The molecule has 5 nitrogen and oxygen atoms in total. The molecular formula is C12H17ClO5S. The van der Waals surface area contributed by atoms with Crippen LogP contribution in [0.3, 0.4) is 0 Å². The van der Waals surface area contributed by atoms with Gasteiger partial charge < -0.3 is 4.74 Å². The maximum absolute atomic E-state index is 11.8. The largest absolute Gasteiger partial charge is 0.460 e. The third-order valence-electron chi connectivity index (χ3n) is 2.55. The van der Waals surface area contributed by atoms with Gasteiger partial charge >= 0.3 is 15.3 Å². The first kappa shape index (κ1) is 16.2. The highest BCUT2D eigenvalue weighted by atomic mass is 35.7. The summed E-state index contributed by atoms with van der Waals surface area (Å²) in [7, 11) is 0.838. The average Bonchev–Trinajstić information content (AvgIpc) is 2.34. The van der Waals surface area contributed by atoms with Gasteiger partial charge in [-0.2, -0.15) is 8.42 Å². The summed E-state index contributed by atoms with van der Waals surface area (Å²) in [6.07, 6.45) is 7.84. The summed E-state index contributed by atoms with van der Waals surface area (Å²) >= 11 is 0. The van der Waals surface area contributed by atoms with Gasteiger partial charge in [0.1, 0.15) is 6.61 Å². The van der Waals surface area contributed by atoms with Gasteiger partial charge in [0.2, 0.25) is 0 Å². The molecule has 0 unspecified atom stereocenters. The third-order valence-corrected chi connectivity index (χ3v) is 3.22. The van der Waals surface area contributed by atoms with Crippen LogP contribution in [0.15, 0.2) is 23.8 Å². The van der Waals surface area contributed by atoms with Gasteiger partial charge in [-0.1, -0.05) is 18.2 Å². The number of allylic oxidation sites excluding steroid dienone is 2. The molecule has 0 spiro atoms. The molecule has 0 N–H and O–H groups in total. The summed E-state index contributed by atoms with van der Waals surface area (Å²) in [6.45, 7) is 2.88. The van der Waals surface area contributed by atoms with Crippen molar-refractivity contribution >= 4 is 26.0 Å². The molecule has 108 valence electrons. The van der Waals surface area contributed by atoms with E-state index in [0.717, 1.165) is 18.4 Å². The van der Waals surface area contributed by atoms with E-state index in [2.05, 4.69) is 4.18 Å². The fourth-order valence-corrected chi connectivity index (χ4v) is 1.96. The van der Waals surface area contributed by atoms with Crippen LogP contribution in [-0.4, -0.2) is 27.6 Å². The van der Waals surface area contributed by atoms with Crippen LogP contribution in [0, 0.1) is 5.41 Å². The van der Waals surface area contributed by atoms with E-state index < -0.39 is 20.7 Å². The number of ether oxygens (including phenoxy) is 1. The Bertz CT molecular complexity index is 490. The zero-order valence-electron chi connectivity index (χ0n) is 10.9. The third kappa shape index (κ3) is 6.22. The number of carbonyl (C=O) groups excluding carboxylic acids is 1. The van der Waals surface area contributed by atoms with E-state index in [4.69, 9.17) is 15.4 Å². The van der Waals surface area contributed by atoms with Gasteiger partial charge in [-0.3, -0.25) is 8.98 Å². The minimum Gasteiger partial charge on any atom is -0.460 e. The van der Waals surface area contributed by atoms with Gasteiger partial charge in [0.15, 0.2) is 0 Å². The molecule has 0 amide bonds. The van der Waals surface area contributed by atoms with Gasteiger partial charge in [-0.25, -0.2) is 0 Å². The normalized spacial score (nSPS) is 16.1. The molecule has 0 atom stereocenters. The second-order valence-corrected chi connectivity index (χ2v) is 7.03. The lowest BCUT2D eigenvalue weighted by Gasteiger charge is -2.21. The quantitative estimate of drug-likeness (QED) is 0.556. The molecule has 0 aromatic carbocycles. The second-order valence-electron chi connectivity index (χ2n) is 4.87. The smallest absolute Gasteiger partial charge is 0.355 e. The maximum atomic E-state index is 11.8. The van der Waals surface area contributed by atoms with Crippen LogP contribution in [0.25, 0.3) is 0 Å². The monoisotopic (exact) mass is 308 g/mol. The summed E-state index contributed by atoms with van der Waals surface area (Å²) in [5, 5.41) is 0. The number of carbonyl (C=O) groups is 1. The number of halogens is 1. The maximum Gasteiger partial charge on any atom is 0.355 e. The van der Waals surface area contributed by atoms with Gasteiger partial charge in [0, 0.05) is 10.7 Å². The molecule has 7 heteroatoms. The molecule has 1 aliphatic rings.